The minimum Gasteiger partial charge on any atom is -0.494 e. The lowest BCUT2D eigenvalue weighted by atomic mass is 9.86. The highest BCUT2D eigenvalue weighted by Gasteiger charge is 2.27. The Labute approximate surface area is 118 Å². The van der Waals surface area contributed by atoms with Crippen LogP contribution in [0.5, 0.6) is 5.75 Å². The molecule has 0 spiro atoms. The predicted molar refractivity (Wildman–Crippen MR) is 75.2 cm³/mol. The summed E-state index contributed by atoms with van der Waals surface area (Å²) in [6.45, 7) is 0.786. The van der Waals surface area contributed by atoms with Gasteiger partial charge in [-0.2, -0.15) is 0 Å². The molecule has 1 saturated heterocycles. The number of ether oxygens (including phenoxy) is 1. The Hall–Kier alpha value is -1.62. The molecule has 1 aliphatic heterocycles. The minimum atomic E-state index is -0.287. The molecule has 1 aliphatic rings. The number of carbonyl (C=O) groups excluding carboxylic acids is 1. The summed E-state index contributed by atoms with van der Waals surface area (Å²) < 4.78 is 19.1. The quantitative estimate of drug-likeness (QED) is 0.878. The Balaban J connectivity index is 2.04. The molecule has 0 aliphatic carbocycles. The molecular formula is C15H21FN2O2. The number of hydrogen-bond donors (Lipinski definition) is 2. The smallest absolute Gasteiger partial charge is 0.236 e. The highest BCUT2D eigenvalue weighted by atomic mass is 19.1. The average Bonchev–Trinajstić information content (AvgIpc) is 2.49. The zero-order chi connectivity index (χ0) is 14.5. The van der Waals surface area contributed by atoms with Crippen molar-refractivity contribution in [2.45, 2.75) is 25.3 Å². The van der Waals surface area contributed by atoms with E-state index in [1.165, 1.54) is 7.11 Å². The van der Waals surface area contributed by atoms with Crippen LogP contribution in [0.25, 0.3) is 0 Å². The molecule has 2 unspecified atom stereocenters. The lowest BCUT2D eigenvalue weighted by Gasteiger charge is -2.29. The topological polar surface area (TPSA) is 50.4 Å². The van der Waals surface area contributed by atoms with Gasteiger partial charge in [-0.25, -0.2) is 4.39 Å². The molecule has 0 saturated carbocycles. The molecule has 2 atom stereocenters. The predicted octanol–water partition coefficient (Wildman–Crippen LogP) is 1.49. The van der Waals surface area contributed by atoms with Gasteiger partial charge in [-0.05, 0) is 43.4 Å². The number of likely N-dealkylation sites (N-methyl/N-ethyl adjacent to an activating group) is 1. The maximum Gasteiger partial charge on any atom is 0.236 e. The molecule has 2 rings (SSSR count). The van der Waals surface area contributed by atoms with Gasteiger partial charge >= 0.3 is 0 Å². The third-order valence-electron chi connectivity index (χ3n) is 3.85. The zero-order valence-electron chi connectivity index (χ0n) is 11.9. The van der Waals surface area contributed by atoms with Crippen molar-refractivity contribution in [3.05, 3.63) is 29.6 Å². The third kappa shape index (κ3) is 3.28. The molecule has 1 aromatic carbocycles. The van der Waals surface area contributed by atoms with Crippen LogP contribution in [-0.4, -0.2) is 32.7 Å². The Kier molecular flexibility index (Phi) is 4.95. The number of rotatable bonds is 4. The highest BCUT2D eigenvalue weighted by molar-refractivity contribution is 5.81. The summed E-state index contributed by atoms with van der Waals surface area (Å²) in [5.74, 6) is 0.297. The summed E-state index contributed by atoms with van der Waals surface area (Å²) in [7, 11) is 3.10. The van der Waals surface area contributed by atoms with Gasteiger partial charge in [-0.15, -0.1) is 0 Å². The molecule has 1 aromatic rings. The summed E-state index contributed by atoms with van der Waals surface area (Å²) in [5, 5.41) is 5.85. The maximum absolute atomic E-state index is 14.1. The molecule has 0 radical (unpaired) electrons. The first-order chi connectivity index (χ1) is 9.65. The summed E-state index contributed by atoms with van der Waals surface area (Å²) in [4.78, 5) is 11.7. The van der Waals surface area contributed by atoms with Gasteiger partial charge in [0.2, 0.25) is 5.91 Å². The van der Waals surface area contributed by atoms with Crippen molar-refractivity contribution in [3.8, 4) is 5.75 Å². The first kappa shape index (κ1) is 14.8. The molecule has 5 heteroatoms. The summed E-state index contributed by atoms with van der Waals surface area (Å²) in [6, 6.07) is 5.03. The van der Waals surface area contributed by atoms with Gasteiger partial charge in [0.25, 0.3) is 0 Å². The van der Waals surface area contributed by atoms with Crippen LogP contribution in [0, 0.1) is 11.7 Å². The van der Waals surface area contributed by atoms with Crippen LogP contribution in [0.4, 0.5) is 4.39 Å². The molecular weight excluding hydrogens is 259 g/mol. The van der Waals surface area contributed by atoms with Crippen molar-refractivity contribution in [3.63, 3.8) is 0 Å². The molecule has 1 heterocycles. The number of carbonyl (C=O) groups is 1. The van der Waals surface area contributed by atoms with E-state index in [1.54, 1.807) is 25.2 Å². The van der Waals surface area contributed by atoms with E-state index in [1.807, 2.05) is 0 Å². The lowest BCUT2D eigenvalue weighted by molar-refractivity contribution is -0.123. The van der Waals surface area contributed by atoms with Crippen LogP contribution in [0.3, 0.4) is 0 Å². The van der Waals surface area contributed by atoms with Gasteiger partial charge in [-0.3, -0.25) is 4.79 Å². The second-order valence-corrected chi connectivity index (χ2v) is 5.15. The number of halogens is 1. The van der Waals surface area contributed by atoms with Crippen molar-refractivity contribution >= 4 is 5.91 Å². The Morgan fingerprint density at radius 1 is 1.55 bits per heavy atom. The van der Waals surface area contributed by atoms with Crippen LogP contribution in [-0.2, 0) is 11.2 Å². The third-order valence-corrected chi connectivity index (χ3v) is 3.85. The maximum atomic E-state index is 14.1. The molecule has 1 amide bonds. The van der Waals surface area contributed by atoms with E-state index in [0.717, 1.165) is 19.4 Å². The first-order valence-corrected chi connectivity index (χ1v) is 6.92. The molecule has 2 N–H and O–H groups in total. The fraction of sp³-hybridized carbons (Fsp3) is 0.533. The standard InChI is InChI=1S/C15H21FN2O2/c1-17-15(19)12-9-10(6-7-18-12)8-11-4-3-5-13(20-2)14(11)16/h3-5,10,12,18H,6-9H2,1-2H3,(H,17,19). The van der Waals surface area contributed by atoms with E-state index in [9.17, 15) is 9.18 Å². The van der Waals surface area contributed by atoms with Crippen molar-refractivity contribution in [1.82, 2.24) is 10.6 Å². The van der Waals surface area contributed by atoms with E-state index < -0.39 is 0 Å². The molecule has 110 valence electrons. The van der Waals surface area contributed by atoms with Crippen molar-refractivity contribution in [2.75, 3.05) is 20.7 Å². The Morgan fingerprint density at radius 2 is 2.35 bits per heavy atom. The first-order valence-electron chi connectivity index (χ1n) is 6.92. The van der Waals surface area contributed by atoms with Gasteiger partial charge < -0.3 is 15.4 Å². The number of amides is 1. The fourth-order valence-electron chi connectivity index (χ4n) is 2.74. The van der Waals surface area contributed by atoms with E-state index in [0.29, 0.717) is 17.9 Å². The van der Waals surface area contributed by atoms with Gasteiger partial charge in [0, 0.05) is 7.05 Å². The highest BCUT2D eigenvalue weighted by Crippen LogP contribution is 2.26. The van der Waals surface area contributed by atoms with E-state index in [2.05, 4.69) is 10.6 Å². The van der Waals surface area contributed by atoms with Crippen LogP contribution in [0.15, 0.2) is 18.2 Å². The van der Waals surface area contributed by atoms with Gasteiger partial charge in [0.05, 0.1) is 13.2 Å². The fourth-order valence-corrected chi connectivity index (χ4v) is 2.74. The van der Waals surface area contributed by atoms with Crippen LogP contribution in [0.1, 0.15) is 18.4 Å². The van der Waals surface area contributed by atoms with Crippen LogP contribution in [0.2, 0.25) is 0 Å². The SMILES string of the molecule is CNC(=O)C1CC(Cc2cccc(OC)c2F)CCN1. The van der Waals surface area contributed by atoms with Crippen LogP contribution < -0.4 is 15.4 Å². The number of hydrogen-bond acceptors (Lipinski definition) is 3. The number of nitrogens with one attached hydrogen (secondary N) is 2. The molecule has 1 fully saturated rings. The monoisotopic (exact) mass is 280 g/mol. The molecule has 20 heavy (non-hydrogen) atoms. The minimum absolute atomic E-state index is 0.000754. The Bertz CT molecular complexity index is 479. The van der Waals surface area contributed by atoms with Crippen molar-refractivity contribution in [2.24, 2.45) is 5.92 Å². The van der Waals surface area contributed by atoms with Gasteiger partial charge in [0.15, 0.2) is 11.6 Å². The Morgan fingerprint density at radius 3 is 3.05 bits per heavy atom. The van der Waals surface area contributed by atoms with E-state index in [4.69, 9.17) is 4.74 Å². The van der Waals surface area contributed by atoms with Gasteiger partial charge in [0.1, 0.15) is 0 Å². The van der Waals surface area contributed by atoms with E-state index >= 15 is 0 Å². The van der Waals surface area contributed by atoms with Gasteiger partial charge in [-0.1, -0.05) is 12.1 Å². The lowest BCUT2D eigenvalue weighted by Crippen LogP contribution is -2.48. The average molecular weight is 280 g/mol. The summed E-state index contributed by atoms with van der Waals surface area (Å²) in [6.07, 6.45) is 2.32. The second-order valence-electron chi connectivity index (χ2n) is 5.15. The number of methoxy groups -OCH3 is 1. The van der Waals surface area contributed by atoms with Crippen molar-refractivity contribution < 1.29 is 13.9 Å². The molecule has 4 nitrogen and oxygen atoms in total. The molecule has 0 aromatic heterocycles. The second kappa shape index (κ2) is 6.70. The molecule has 0 bridgehead atoms. The summed E-state index contributed by atoms with van der Waals surface area (Å²) in [5.41, 5.74) is 0.659. The summed E-state index contributed by atoms with van der Waals surface area (Å²) >= 11 is 0. The number of benzene rings is 1. The zero-order valence-corrected chi connectivity index (χ0v) is 11.9. The van der Waals surface area contributed by atoms with E-state index in [-0.39, 0.29) is 23.5 Å². The van der Waals surface area contributed by atoms with Crippen molar-refractivity contribution in [1.29, 1.82) is 0 Å². The number of piperidine rings is 1. The van der Waals surface area contributed by atoms with Crippen LogP contribution >= 0.6 is 0 Å². The normalized spacial score (nSPS) is 22.4. The largest absolute Gasteiger partial charge is 0.494 e.